The van der Waals surface area contributed by atoms with Gasteiger partial charge in [0.05, 0.1) is 19.5 Å². The third kappa shape index (κ3) is 3.18. The van der Waals surface area contributed by atoms with Crippen molar-refractivity contribution < 1.29 is 23.8 Å². The van der Waals surface area contributed by atoms with Crippen LogP contribution in [-0.4, -0.2) is 54.5 Å². The normalized spacial score (nSPS) is 22.5. The lowest BCUT2D eigenvalue weighted by molar-refractivity contribution is -0.0442. The summed E-state index contributed by atoms with van der Waals surface area (Å²) in [6.45, 7) is 0.546. The fraction of sp³-hybridized carbons (Fsp3) is 0.500. The van der Waals surface area contributed by atoms with Gasteiger partial charge >= 0.3 is 7.60 Å². The number of rotatable bonds is 4. The first-order valence-corrected chi connectivity index (χ1v) is 8.17. The van der Waals surface area contributed by atoms with Crippen molar-refractivity contribution in [3.8, 4) is 0 Å². The first kappa shape index (κ1) is 15.1. The molecule has 2 aromatic heterocycles. The van der Waals surface area contributed by atoms with Gasteiger partial charge < -0.3 is 35.3 Å². The van der Waals surface area contributed by atoms with E-state index in [0.717, 1.165) is 0 Å². The van der Waals surface area contributed by atoms with E-state index in [0.29, 0.717) is 17.7 Å². The highest BCUT2D eigenvalue weighted by Gasteiger charge is 2.32. The quantitative estimate of drug-likeness (QED) is 0.505. The first-order valence-electron chi connectivity index (χ1n) is 6.37. The molecule has 2 unspecified atom stereocenters. The number of fused-ring (bicyclic) bond motifs is 1. The van der Waals surface area contributed by atoms with Crippen molar-refractivity contribution in [1.29, 1.82) is 0 Å². The Balaban J connectivity index is 1.74. The van der Waals surface area contributed by atoms with E-state index >= 15 is 0 Å². The highest BCUT2D eigenvalue weighted by Crippen LogP contribution is 2.37. The Morgan fingerprint density at radius 1 is 1.41 bits per heavy atom. The van der Waals surface area contributed by atoms with E-state index in [1.165, 1.54) is 6.33 Å². The fourth-order valence-corrected chi connectivity index (χ4v) is 2.81. The van der Waals surface area contributed by atoms with Crippen LogP contribution >= 0.6 is 7.60 Å². The third-order valence-electron chi connectivity index (χ3n) is 3.11. The van der Waals surface area contributed by atoms with Crippen LogP contribution in [0.4, 0.5) is 11.8 Å². The zero-order valence-electron chi connectivity index (χ0n) is 11.4. The van der Waals surface area contributed by atoms with Crippen molar-refractivity contribution in [3.05, 3.63) is 6.33 Å². The second-order valence-corrected chi connectivity index (χ2v) is 6.60. The van der Waals surface area contributed by atoms with Gasteiger partial charge in [0.15, 0.2) is 17.8 Å². The van der Waals surface area contributed by atoms with Crippen LogP contribution in [0.5, 0.6) is 0 Å². The Kier molecular flexibility index (Phi) is 3.75. The van der Waals surface area contributed by atoms with E-state index in [1.807, 2.05) is 0 Å². The van der Waals surface area contributed by atoms with Crippen LogP contribution in [0.2, 0.25) is 0 Å². The van der Waals surface area contributed by atoms with Crippen molar-refractivity contribution in [2.24, 2.45) is 0 Å². The summed E-state index contributed by atoms with van der Waals surface area (Å²) in [6.07, 6.45) is -0.262. The summed E-state index contributed by atoms with van der Waals surface area (Å²) in [5.41, 5.74) is 12.2. The molecule has 0 amide bonds. The molecule has 2 atom stereocenters. The van der Waals surface area contributed by atoms with Gasteiger partial charge in [-0.05, 0) is 0 Å². The maximum atomic E-state index is 10.9. The molecule has 1 aliphatic heterocycles. The Morgan fingerprint density at radius 3 is 2.91 bits per heavy atom. The molecule has 2 aromatic rings. The molecule has 1 saturated heterocycles. The van der Waals surface area contributed by atoms with Crippen LogP contribution in [0.3, 0.4) is 0 Å². The standard InChI is InChI=1S/C10H15N6O5P/c11-8-7-9(15-10(12)14-8)16(4-13-7)1-5-2-20-6(21-5)3-22(17,18)19/h4-6H,1-3H2,(H2,17,18,19)(H4,11,12,14,15). The Labute approximate surface area is 124 Å². The summed E-state index contributed by atoms with van der Waals surface area (Å²) in [4.78, 5) is 29.9. The Bertz CT molecular complexity index is 745. The highest BCUT2D eigenvalue weighted by atomic mass is 31.2. The highest BCUT2D eigenvalue weighted by molar-refractivity contribution is 7.51. The van der Waals surface area contributed by atoms with Crippen LogP contribution in [0.15, 0.2) is 6.33 Å². The molecule has 0 bridgehead atoms. The SMILES string of the molecule is Nc1nc(N)c2ncn(CC3COC(CP(=O)(O)O)O3)c2n1. The average Bonchev–Trinajstić information content (AvgIpc) is 2.96. The van der Waals surface area contributed by atoms with E-state index in [9.17, 15) is 4.57 Å². The van der Waals surface area contributed by atoms with Gasteiger partial charge in [-0.3, -0.25) is 4.57 Å². The average molecular weight is 330 g/mol. The number of aromatic nitrogens is 4. The molecule has 0 radical (unpaired) electrons. The minimum absolute atomic E-state index is 0.0368. The Morgan fingerprint density at radius 2 is 2.18 bits per heavy atom. The van der Waals surface area contributed by atoms with E-state index in [-0.39, 0.29) is 24.5 Å². The van der Waals surface area contributed by atoms with E-state index in [4.69, 9.17) is 30.7 Å². The minimum atomic E-state index is -4.19. The van der Waals surface area contributed by atoms with Gasteiger partial charge in [0.2, 0.25) is 5.95 Å². The van der Waals surface area contributed by atoms with Gasteiger partial charge in [-0.25, -0.2) is 4.98 Å². The molecule has 0 saturated carbocycles. The zero-order chi connectivity index (χ0) is 15.9. The van der Waals surface area contributed by atoms with Crippen molar-refractivity contribution >= 4 is 30.5 Å². The van der Waals surface area contributed by atoms with Gasteiger partial charge in [-0.2, -0.15) is 9.97 Å². The van der Waals surface area contributed by atoms with Crippen molar-refractivity contribution in [3.63, 3.8) is 0 Å². The summed E-state index contributed by atoms with van der Waals surface area (Å²) in [5, 5.41) is 0. The summed E-state index contributed by atoms with van der Waals surface area (Å²) in [7, 11) is -4.19. The molecule has 11 nitrogen and oxygen atoms in total. The predicted molar refractivity (Wildman–Crippen MR) is 75.7 cm³/mol. The number of anilines is 2. The van der Waals surface area contributed by atoms with Gasteiger partial charge in [-0.15, -0.1) is 0 Å². The topological polar surface area (TPSA) is 172 Å². The zero-order valence-corrected chi connectivity index (χ0v) is 12.3. The maximum Gasteiger partial charge on any atom is 0.330 e. The number of hydrogen-bond donors (Lipinski definition) is 4. The van der Waals surface area contributed by atoms with Crippen LogP contribution in [-0.2, 0) is 20.6 Å². The second kappa shape index (κ2) is 5.45. The third-order valence-corrected chi connectivity index (χ3v) is 3.88. The molecule has 120 valence electrons. The van der Waals surface area contributed by atoms with Crippen LogP contribution < -0.4 is 11.5 Å². The Hall–Kier alpha value is -1.78. The number of nitrogens with two attached hydrogens (primary N) is 2. The van der Waals surface area contributed by atoms with Gasteiger partial charge in [0.1, 0.15) is 17.8 Å². The number of imidazole rings is 1. The van der Waals surface area contributed by atoms with Crippen molar-refractivity contribution in [2.45, 2.75) is 18.9 Å². The molecule has 0 spiro atoms. The fourth-order valence-electron chi connectivity index (χ4n) is 2.23. The van der Waals surface area contributed by atoms with E-state index in [2.05, 4.69) is 15.0 Å². The van der Waals surface area contributed by atoms with E-state index in [1.54, 1.807) is 4.57 Å². The van der Waals surface area contributed by atoms with Crippen LogP contribution in [0.25, 0.3) is 11.2 Å². The predicted octanol–water partition coefficient (Wildman–Crippen LogP) is -1.09. The lowest BCUT2D eigenvalue weighted by atomic mass is 10.4. The molecule has 12 heteroatoms. The van der Waals surface area contributed by atoms with Gasteiger partial charge in [-0.1, -0.05) is 0 Å². The summed E-state index contributed by atoms with van der Waals surface area (Å²) < 4.78 is 23.3. The molecular formula is C10H15N6O5P. The molecule has 0 aromatic carbocycles. The molecule has 3 heterocycles. The maximum absolute atomic E-state index is 10.9. The number of nitrogen functional groups attached to an aromatic ring is 2. The first-order chi connectivity index (χ1) is 10.3. The smallest absolute Gasteiger partial charge is 0.330 e. The minimum Gasteiger partial charge on any atom is -0.382 e. The number of hydrogen-bond acceptors (Lipinski definition) is 8. The molecule has 3 rings (SSSR count). The number of ether oxygens (including phenoxy) is 2. The summed E-state index contributed by atoms with van der Waals surface area (Å²) in [5.74, 6) is 0.221. The van der Waals surface area contributed by atoms with Crippen LogP contribution in [0.1, 0.15) is 0 Å². The summed E-state index contributed by atoms with van der Waals surface area (Å²) in [6, 6.07) is 0. The lowest BCUT2D eigenvalue weighted by Gasteiger charge is -2.12. The molecule has 22 heavy (non-hydrogen) atoms. The molecule has 0 aliphatic carbocycles. The van der Waals surface area contributed by atoms with Crippen molar-refractivity contribution in [2.75, 3.05) is 24.2 Å². The molecule has 1 fully saturated rings. The summed E-state index contributed by atoms with van der Waals surface area (Å²) >= 11 is 0. The van der Waals surface area contributed by atoms with Gasteiger partial charge in [0, 0.05) is 0 Å². The monoisotopic (exact) mass is 330 g/mol. The molecule has 6 N–H and O–H groups in total. The van der Waals surface area contributed by atoms with Crippen molar-refractivity contribution in [1.82, 2.24) is 19.5 Å². The van der Waals surface area contributed by atoms with E-state index < -0.39 is 20.0 Å². The number of nitrogens with zero attached hydrogens (tertiary/aromatic N) is 4. The van der Waals surface area contributed by atoms with Crippen LogP contribution in [0, 0.1) is 0 Å². The molecular weight excluding hydrogens is 315 g/mol. The van der Waals surface area contributed by atoms with Gasteiger partial charge in [0.25, 0.3) is 0 Å². The lowest BCUT2D eigenvalue weighted by Crippen LogP contribution is -2.20. The second-order valence-electron chi connectivity index (χ2n) is 4.90. The molecule has 1 aliphatic rings. The largest absolute Gasteiger partial charge is 0.382 e.